The molecular weight excluding hydrogens is 204 g/mol. The van der Waals surface area contributed by atoms with Gasteiger partial charge in [-0.15, -0.1) is 0 Å². The SMILES string of the molecule is CCOC1(NC(=O)N(C)C)[C@@H]2CCCC[C@H]21. The fourth-order valence-corrected chi connectivity index (χ4v) is 3.02. The van der Waals surface area contributed by atoms with Crippen LogP contribution < -0.4 is 5.32 Å². The molecule has 4 heteroatoms. The minimum absolute atomic E-state index is 0.0390. The summed E-state index contributed by atoms with van der Waals surface area (Å²) in [6, 6.07) is -0.0390. The predicted octanol–water partition coefficient (Wildman–Crippen LogP) is 1.81. The van der Waals surface area contributed by atoms with Crippen molar-refractivity contribution in [3.05, 3.63) is 0 Å². The van der Waals surface area contributed by atoms with Crippen LogP contribution in [0.3, 0.4) is 0 Å². The number of nitrogens with zero attached hydrogens (tertiary/aromatic N) is 1. The highest BCUT2D eigenvalue weighted by Gasteiger charge is 2.67. The van der Waals surface area contributed by atoms with Crippen LogP contribution in [0.4, 0.5) is 4.79 Å². The van der Waals surface area contributed by atoms with Gasteiger partial charge in [0.2, 0.25) is 0 Å². The molecule has 2 rings (SSSR count). The van der Waals surface area contributed by atoms with Gasteiger partial charge in [-0.2, -0.15) is 0 Å². The van der Waals surface area contributed by atoms with E-state index in [1.807, 2.05) is 6.92 Å². The summed E-state index contributed by atoms with van der Waals surface area (Å²) in [4.78, 5) is 13.3. The van der Waals surface area contributed by atoms with Crippen molar-refractivity contribution >= 4 is 6.03 Å². The molecule has 2 fully saturated rings. The highest BCUT2D eigenvalue weighted by Crippen LogP contribution is 2.59. The van der Waals surface area contributed by atoms with Crippen molar-refractivity contribution in [2.24, 2.45) is 11.8 Å². The Kier molecular flexibility index (Phi) is 3.10. The van der Waals surface area contributed by atoms with Gasteiger partial charge in [0.1, 0.15) is 5.72 Å². The van der Waals surface area contributed by atoms with Gasteiger partial charge in [0.05, 0.1) is 0 Å². The summed E-state index contributed by atoms with van der Waals surface area (Å²) in [5.74, 6) is 1.09. The zero-order chi connectivity index (χ0) is 11.8. The molecule has 4 nitrogen and oxygen atoms in total. The van der Waals surface area contributed by atoms with Crippen molar-refractivity contribution in [2.75, 3.05) is 20.7 Å². The summed E-state index contributed by atoms with van der Waals surface area (Å²) in [5, 5.41) is 3.07. The van der Waals surface area contributed by atoms with Gasteiger partial charge < -0.3 is 15.0 Å². The minimum atomic E-state index is -0.341. The summed E-state index contributed by atoms with van der Waals surface area (Å²) < 4.78 is 5.85. The van der Waals surface area contributed by atoms with E-state index in [4.69, 9.17) is 4.74 Å². The van der Waals surface area contributed by atoms with Crippen molar-refractivity contribution in [3.8, 4) is 0 Å². The van der Waals surface area contributed by atoms with Crippen LogP contribution >= 0.6 is 0 Å². The zero-order valence-corrected chi connectivity index (χ0v) is 10.5. The molecule has 0 aromatic rings. The molecule has 92 valence electrons. The largest absolute Gasteiger partial charge is 0.355 e. The zero-order valence-electron chi connectivity index (χ0n) is 10.5. The number of hydrogen-bond acceptors (Lipinski definition) is 2. The van der Waals surface area contributed by atoms with Crippen LogP contribution in [0.25, 0.3) is 0 Å². The molecule has 2 aliphatic carbocycles. The molecule has 0 spiro atoms. The Morgan fingerprint density at radius 3 is 2.38 bits per heavy atom. The molecule has 2 amide bonds. The molecule has 0 aromatic heterocycles. The summed E-state index contributed by atoms with van der Waals surface area (Å²) in [7, 11) is 3.53. The van der Waals surface area contributed by atoms with Crippen molar-refractivity contribution in [3.63, 3.8) is 0 Å². The Hall–Kier alpha value is -0.770. The smallest absolute Gasteiger partial charge is 0.319 e. The van der Waals surface area contributed by atoms with Crippen LogP contribution in [-0.4, -0.2) is 37.4 Å². The Morgan fingerprint density at radius 2 is 1.94 bits per heavy atom. The Balaban J connectivity index is 2.03. The molecule has 0 saturated heterocycles. The molecular formula is C12H22N2O2. The number of amides is 2. The number of nitrogens with one attached hydrogen (secondary N) is 1. The van der Waals surface area contributed by atoms with E-state index < -0.39 is 0 Å². The maximum absolute atomic E-state index is 11.8. The van der Waals surface area contributed by atoms with Crippen molar-refractivity contribution in [1.29, 1.82) is 0 Å². The molecule has 16 heavy (non-hydrogen) atoms. The first-order chi connectivity index (χ1) is 7.62. The molecule has 2 atom stereocenters. The molecule has 1 N–H and O–H groups in total. The third-order valence-corrected chi connectivity index (χ3v) is 3.85. The number of ether oxygens (including phenoxy) is 1. The second-order valence-electron chi connectivity index (χ2n) is 5.05. The van der Waals surface area contributed by atoms with Crippen molar-refractivity contribution < 1.29 is 9.53 Å². The maximum atomic E-state index is 11.8. The first-order valence-electron chi connectivity index (χ1n) is 6.25. The van der Waals surface area contributed by atoms with Crippen LogP contribution in [0.5, 0.6) is 0 Å². The van der Waals surface area contributed by atoms with Gasteiger partial charge in [0.25, 0.3) is 0 Å². The van der Waals surface area contributed by atoms with E-state index in [9.17, 15) is 4.79 Å². The molecule has 0 heterocycles. The fraction of sp³-hybridized carbons (Fsp3) is 0.917. The van der Waals surface area contributed by atoms with Gasteiger partial charge in [-0.25, -0.2) is 4.79 Å². The van der Waals surface area contributed by atoms with Crippen molar-refractivity contribution in [1.82, 2.24) is 10.2 Å². The lowest BCUT2D eigenvalue weighted by Crippen LogP contribution is -2.46. The average molecular weight is 226 g/mol. The number of carbonyl (C=O) groups is 1. The van der Waals surface area contributed by atoms with E-state index in [0.29, 0.717) is 18.4 Å². The second kappa shape index (κ2) is 4.24. The molecule has 0 bridgehead atoms. The Morgan fingerprint density at radius 1 is 1.38 bits per heavy atom. The van der Waals surface area contributed by atoms with Gasteiger partial charge in [-0.05, 0) is 19.8 Å². The van der Waals surface area contributed by atoms with Gasteiger partial charge in [-0.3, -0.25) is 0 Å². The normalized spacial score (nSPS) is 36.4. The quantitative estimate of drug-likeness (QED) is 0.746. The summed E-state index contributed by atoms with van der Waals surface area (Å²) >= 11 is 0. The molecule has 2 saturated carbocycles. The number of urea groups is 1. The van der Waals surface area contributed by atoms with Gasteiger partial charge >= 0.3 is 6.03 Å². The van der Waals surface area contributed by atoms with E-state index in [0.717, 1.165) is 0 Å². The van der Waals surface area contributed by atoms with Crippen LogP contribution in [0.1, 0.15) is 32.6 Å². The summed E-state index contributed by atoms with van der Waals surface area (Å²) in [6.07, 6.45) is 4.93. The van der Waals surface area contributed by atoms with E-state index in [1.54, 1.807) is 19.0 Å². The van der Waals surface area contributed by atoms with Gasteiger partial charge in [-0.1, -0.05) is 12.8 Å². The standard InChI is InChI=1S/C12H22N2O2/c1-4-16-12(13-11(15)14(2)3)9-7-5-6-8-10(9)12/h9-10H,4-8H2,1-3H3,(H,13,15)/t9-,10-/m1/s1. The highest BCUT2D eigenvalue weighted by atomic mass is 16.5. The number of carbonyl (C=O) groups excluding carboxylic acids is 1. The highest BCUT2D eigenvalue weighted by molar-refractivity contribution is 5.75. The maximum Gasteiger partial charge on any atom is 0.319 e. The van der Waals surface area contributed by atoms with E-state index in [2.05, 4.69) is 5.32 Å². The summed E-state index contributed by atoms with van der Waals surface area (Å²) in [6.45, 7) is 2.66. The Bertz CT molecular complexity index is 266. The van der Waals surface area contributed by atoms with Crippen LogP contribution in [0, 0.1) is 11.8 Å². The topological polar surface area (TPSA) is 41.6 Å². The molecule has 0 radical (unpaired) electrons. The number of hydrogen-bond donors (Lipinski definition) is 1. The lowest BCUT2D eigenvalue weighted by molar-refractivity contribution is 0.000220. The first kappa shape index (κ1) is 11.7. The minimum Gasteiger partial charge on any atom is -0.355 e. The van der Waals surface area contributed by atoms with Crippen LogP contribution in [-0.2, 0) is 4.74 Å². The predicted molar refractivity (Wildman–Crippen MR) is 62.0 cm³/mol. The molecule has 0 unspecified atom stereocenters. The number of rotatable bonds is 3. The number of fused-ring (bicyclic) bond motifs is 1. The average Bonchev–Trinajstić information content (AvgIpc) is 2.87. The fourth-order valence-electron chi connectivity index (χ4n) is 3.02. The molecule has 0 aromatic carbocycles. The lowest BCUT2D eigenvalue weighted by Gasteiger charge is -2.22. The van der Waals surface area contributed by atoms with E-state index >= 15 is 0 Å². The van der Waals surface area contributed by atoms with Gasteiger partial charge in [0, 0.05) is 32.5 Å². The first-order valence-corrected chi connectivity index (χ1v) is 6.25. The lowest BCUT2D eigenvalue weighted by atomic mass is 10.0. The third-order valence-electron chi connectivity index (χ3n) is 3.85. The molecule has 0 aliphatic heterocycles. The third kappa shape index (κ3) is 1.79. The summed E-state index contributed by atoms with van der Waals surface area (Å²) in [5.41, 5.74) is -0.341. The van der Waals surface area contributed by atoms with Crippen LogP contribution in [0.15, 0.2) is 0 Å². The monoisotopic (exact) mass is 226 g/mol. The van der Waals surface area contributed by atoms with Crippen LogP contribution in [0.2, 0.25) is 0 Å². The van der Waals surface area contributed by atoms with Crippen molar-refractivity contribution in [2.45, 2.75) is 38.3 Å². The van der Waals surface area contributed by atoms with E-state index in [-0.39, 0.29) is 11.8 Å². The van der Waals surface area contributed by atoms with E-state index in [1.165, 1.54) is 25.7 Å². The second-order valence-corrected chi connectivity index (χ2v) is 5.05. The van der Waals surface area contributed by atoms with Gasteiger partial charge in [0.15, 0.2) is 0 Å². The Labute approximate surface area is 97.3 Å². The molecule has 2 aliphatic rings.